The van der Waals surface area contributed by atoms with Crippen LogP contribution >= 0.6 is 0 Å². The molecule has 0 fully saturated rings. The van der Waals surface area contributed by atoms with Crippen LogP contribution in [0, 0.1) is 6.92 Å². The first-order valence-corrected chi connectivity index (χ1v) is 8.22. The van der Waals surface area contributed by atoms with Gasteiger partial charge >= 0.3 is 0 Å². The summed E-state index contributed by atoms with van der Waals surface area (Å²) >= 11 is 0. The van der Waals surface area contributed by atoms with Crippen molar-refractivity contribution in [1.29, 1.82) is 0 Å². The summed E-state index contributed by atoms with van der Waals surface area (Å²) in [6.45, 7) is 6.42. The van der Waals surface area contributed by atoms with Crippen molar-refractivity contribution in [2.75, 3.05) is 4.72 Å². The van der Waals surface area contributed by atoms with Gasteiger partial charge in [0, 0.05) is 30.7 Å². The summed E-state index contributed by atoms with van der Waals surface area (Å²) in [4.78, 5) is 7.25. The monoisotopic (exact) mass is 308 g/mol. The molecule has 7 heteroatoms. The maximum absolute atomic E-state index is 12.3. The number of nitrogens with zero attached hydrogens (tertiary/aromatic N) is 1. The third kappa shape index (κ3) is 4.05. The molecule has 6 nitrogen and oxygen atoms in total. The van der Waals surface area contributed by atoms with Crippen LogP contribution in [-0.2, 0) is 16.6 Å². The number of hydrogen-bond acceptors (Lipinski definition) is 4. The lowest BCUT2D eigenvalue weighted by molar-refractivity contribution is 0.582. The number of H-pyrrole nitrogens is 1. The lowest BCUT2D eigenvalue weighted by Crippen LogP contribution is -2.21. The van der Waals surface area contributed by atoms with Gasteiger partial charge in [-0.3, -0.25) is 9.71 Å². The lowest BCUT2D eigenvalue weighted by atomic mass is 10.3. The third-order valence-electron chi connectivity index (χ3n) is 2.98. The maximum Gasteiger partial charge on any atom is 0.263 e. The molecule has 114 valence electrons. The van der Waals surface area contributed by atoms with E-state index in [4.69, 9.17) is 0 Å². The summed E-state index contributed by atoms with van der Waals surface area (Å²) in [5.41, 5.74) is 1.95. The fraction of sp³-hybridized carbons (Fsp3) is 0.357. The molecule has 0 aromatic carbocycles. The van der Waals surface area contributed by atoms with E-state index in [-0.39, 0.29) is 4.90 Å². The number of aromatic nitrogens is 2. The third-order valence-corrected chi connectivity index (χ3v) is 4.32. The fourth-order valence-electron chi connectivity index (χ4n) is 1.79. The van der Waals surface area contributed by atoms with Gasteiger partial charge in [0.05, 0.1) is 11.4 Å². The highest BCUT2D eigenvalue weighted by atomic mass is 32.2. The van der Waals surface area contributed by atoms with E-state index in [1.807, 2.05) is 13.8 Å². The van der Waals surface area contributed by atoms with Crippen LogP contribution in [0.4, 0.5) is 5.69 Å². The Morgan fingerprint density at radius 2 is 2.14 bits per heavy atom. The average molecular weight is 308 g/mol. The van der Waals surface area contributed by atoms with E-state index in [0.717, 1.165) is 5.69 Å². The molecule has 0 saturated carbocycles. The molecule has 0 aliphatic heterocycles. The first-order valence-electron chi connectivity index (χ1n) is 6.73. The number of rotatable bonds is 6. The standard InChI is InChI=1S/C14H20N4O2S/c1-10(2)16-8-12-7-13(9-17-12)21(19,20)18-14-5-4-6-15-11(14)3/h4-7,9-10,16-18H,8H2,1-3H3. The molecule has 2 aromatic heterocycles. The second kappa shape index (κ2) is 6.28. The lowest BCUT2D eigenvalue weighted by Gasteiger charge is -2.08. The molecular formula is C14H20N4O2S. The van der Waals surface area contributed by atoms with Gasteiger partial charge in [0.15, 0.2) is 0 Å². The van der Waals surface area contributed by atoms with E-state index in [9.17, 15) is 8.42 Å². The van der Waals surface area contributed by atoms with Gasteiger partial charge in [0.1, 0.15) is 4.90 Å². The van der Waals surface area contributed by atoms with Gasteiger partial charge < -0.3 is 10.3 Å². The predicted molar refractivity (Wildman–Crippen MR) is 82.6 cm³/mol. The molecule has 0 aliphatic carbocycles. The van der Waals surface area contributed by atoms with Crippen molar-refractivity contribution in [3.63, 3.8) is 0 Å². The van der Waals surface area contributed by atoms with Gasteiger partial charge in [-0.1, -0.05) is 13.8 Å². The largest absolute Gasteiger partial charge is 0.363 e. The first-order chi connectivity index (χ1) is 9.88. The Kier molecular flexibility index (Phi) is 4.64. The van der Waals surface area contributed by atoms with Gasteiger partial charge in [0.25, 0.3) is 10.0 Å². The van der Waals surface area contributed by atoms with E-state index >= 15 is 0 Å². The van der Waals surface area contributed by atoms with Crippen LogP contribution in [-0.4, -0.2) is 24.4 Å². The highest BCUT2D eigenvalue weighted by Crippen LogP contribution is 2.18. The van der Waals surface area contributed by atoms with E-state index in [1.54, 1.807) is 31.3 Å². The van der Waals surface area contributed by atoms with Crippen LogP contribution in [0.1, 0.15) is 25.2 Å². The van der Waals surface area contributed by atoms with Crippen molar-refractivity contribution in [2.24, 2.45) is 0 Å². The molecule has 0 unspecified atom stereocenters. The minimum Gasteiger partial charge on any atom is -0.363 e. The van der Waals surface area contributed by atoms with Crippen molar-refractivity contribution in [1.82, 2.24) is 15.3 Å². The van der Waals surface area contributed by atoms with E-state index in [2.05, 4.69) is 20.0 Å². The second-order valence-corrected chi connectivity index (χ2v) is 6.82. The zero-order valence-corrected chi connectivity index (χ0v) is 13.2. The molecule has 0 radical (unpaired) electrons. The Bertz CT molecular complexity index is 707. The molecule has 3 N–H and O–H groups in total. The quantitative estimate of drug-likeness (QED) is 0.762. The van der Waals surface area contributed by atoms with Crippen molar-refractivity contribution < 1.29 is 8.42 Å². The van der Waals surface area contributed by atoms with Gasteiger partial charge in [-0.2, -0.15) is 0 Å². The molecule has 21 heavy (non-hydrogen) atoms. The molecular weight excluding hydrogens is 288 g/mol. The molecule has 2 rings (SSSR count). The van der Waals surface area contributed by atoms with Gasteiger partial charge in [0.2, 0.25) is 0 Å². The van der Waals surface area contributed by atoms with Gasteiger partial charge in [-0.05, 0) is 25.1 Å². The fourth-order valence-corrected chi connectivity index (χ4v) is 2.92. The zero-order valence-electron chi connectivity index (χ0n) is 12.3. The minimum atomic E-state index is -3.60. The van der Waals surface area contributed by atoms with Crippen LogP contribution in [0.3, 0.4) is 0 Å². The topological polar surface area (TPSA) is 86.9 Å². The molecule has 0 spiro atoms. The molecule has 2 aromatic rings. The number of aryl methyl sites for hydroxylation is 1. The number of anilines is 1. The summed E-state index contributed by atoms with van der Waals surface area (Å²) < 4.78 is 27.2. The highest BCUT2D eigenvalue weighted by molar-refractivity contribution is 7.92. The van der Waals surface area contributed by atoms with Crippen molar-refractivity contribution >= 4 is 15.7 Å². The number of hydrogen-bond donors (Lipinski definition) is 3. The molecule has 0 amide bonds. The molecule has 0 bridgehead atoms. The van der Waals surface area contributed by atoms with Crippen molar-refractivity contribution in [3.05, 3.63) is 42.0 Å². The number of aromatic amines is 1. The number of sulfonamides is 1. The Morgan fingerprint density at radius 1 is 1.38 bits per heavy atom. The summed E-state index contributed by atoms with van der Waals surface area (Å²) in [5.74, 6) is 0. The van der Waals surface area contributed by atoms with E-state index < -0.39 is 10.0 Å². The van der Waals surface area contributed by atoms with Crippen LogP contribution in [0.5, 0.6) is 0 Å². The maximum atomic E-state index is 12.3. The average Bonchev–Trinajstić information content (AvgIpc) is 2.88. The first kappa shape index (κ1) is 15.5. The summed E-state index contributed by atoms with van der Waals surface area (Å²) in [7, 11) is -3.60. The Hall–Kier alpha value is -1.86. The number of nitrogens with one attached hydrogen (secondary N) is 3. The molecule has 0 aliphatic rings. The van der Waals surface area contributed by atoms with E-state index in [1.165, 1.54) is 6.20 Å². The van der Waals surface area contributed by atoms with Gasteiger partial charge in [-0.25, -0.2) is 8.42 Å². The van der Waals surface area contributed by atoms with Crippen LogP contribution in [0.15, 0.2) is 35.5 Å². The Labute approximate surface area is 125 Å². The van der Waals surface area contributed by atoms with Crippen LogP contribution < -0.4 is 10.0 Å². The number of pyridine rings is 1. The predicted octanol–water partition coefficient (Wildman–Crippen LogP) is 2.02. The Balaban J connectivity index is 2.15. The van der Waals surface area contributed by atoms with E-state index in [0.29, 0.717) is 24.0 Å². The Morgan fingerprint density at radius 3 is 2.81 bits per heavy atom. The zero-order chi connectivity index (χ0) is 15.5. The molecule has 0 saturated heterocycles. The summed E-state index contributed by atoms with van der Waals surface area (Å²) in [5, 5.41) is 3.23. The SMILES string of the molecule is Cc1ncccc1NS(=O)(=O)c1c[nH]c(CNC(C)C)c1. The van der Waals surface area contributed by atoms with Crippen molar-refractivity contribution in [3.8, 4) is 0 Å². The molecule has 2 heterocycles. The van der Waals surface area contributed by atoms with Crippen LogP contribution in [0.2, 0.25) is 0 Å². The summed E-state index contributed by atoms with van der Waals surface area (Å²) in [6, 6.07) is 5.35. The smallest absolute Gasteiger partial charge is 0.263 e. The van der Waals surface area contributed by atoms with Crippen molar-refractivity contribution in [2.45, 2.75) is 38.3 Å². The summed E-state index contributed by atoms with van der Waals surface area (Å²) in [6.07, 6.45) is 3.12. The molecule has 0 atom stereocenters. The normalized spacial score (nSPS) is 11.8. The van der Waals surface area contributed by atoms with Gasteiger partial charge in [-0.15, -0.1) is 0 Å². The van der Waals surface area contributed by atoms with Crippen LogP contribution in [0.25, 0.3) is 0 Å². The highest BCUT2D eigenvalue weighted by Gasteiger charge is 2.17. The minimum absolute atomic E-state index is 0.214. The second-order valence-electron chi connectivity index (χ2n) is 5.14.